The average Bonchev–Trinajstić information content (AvgIpc) is 2.75. The van der Waals surface area contributed by atoms with Crippen LogP contribution in [0.25, 0.3) is 0 Å². The van der Waals surface area contributed by atoms with Gasteiger partial charge in [0.2, 0.25) is 0 Å². The Hall–Kier alpha value is -1.69. The lowest BCUT2D eigenvalue weighted by molar-refractivity contribution is -0.137. The molecule has 5 nitrogen and oxygen atoms in total. The number of thiophene rings is 1. The third kappa shape index (κ3) is 4.82. The van der Waals surface area contributed by atoms with Gasteiger partial charge in [-0.05, 0) is 39.3 Å². The summed E-state index contributed by atoms with van der Waals surface area (Å²) < 4.78 is 0. The van der Waals surface area contributed by atoms with Gasteiger partial charge in [0, 0.05) is 12.0 Å². The van der Waals surface area contributed by atoms with E-state index in [9.17, 15) is 14.4 Å². The third-order valence-corrected chi connectivity index (χ3v) is 3.78. The van der Waals surface area contributed by atoms with E-state index in [0.717, 1.165) is 11.3 Å². The number of carbonyl (C=O) groups excluding carboxylic acids is 2. The molecule has 0 atom stereocenters. The average molecular weight is 283 g/mol. The second kappa shape index (κ2) is 5.97. The highest BCUT2D eigenvalue weighted by atomic mass is 32.1. The van der Waals surface area contributed by atoms with E-state index in [-0.39, 0.29) is 18.1 Å². The van der Waals surface area contributed by atoms with Crippen LogP contribution in [0, 0.1) is 0 Å². The molecule has 2 N–H and O–H groups in total. The van der Waals surface area contributed by atoms with Crippen molar-refractivity contribution < 1.29 is 19.5 Å². The molecule has 0 unspecified atom stereocenters. The molecule has 1 rings (SSSR count). The first-order chi connectivity index (χ1) is 8.71. The molecule has 0 aliphatic rings. The Labute approximate surface area is 115 Å². The number of carbonyl (C=O) groups is 3. The molecule has 0 radical (unpaired) electrons. The third-order valence-electron chi connectivity index (χ3n) is 2.59. The lowest BCUT2D eigenvalue weighted by Gasteiger charge is -2.25. The van der Waals surface area contributed by atoms with Crippen molar-refractivity contribution >= 4 is 29.0 Å². The summed E-state index contributed by atoms with van der Waals surface area (Å²) in [7, 11) is 0. The van der Waals surface area contributed by atoms with Crippen molar-refractivity contribution in [2.45, 2.75) is 39.2 Å². The van der Waals surface area contributed by atoms with Gasteiger partial charge >= 0.3 is 5.97 Å². The van der Waals surface area contributed by atoms with Crippen LogP contribution in [-0.4, -0.2) is 28.3 Å². The van der Waals surface area contributed by atoms with Crippen LogP contribution < -0.4 is 5.32 Å². The zero-order chi connectivity index (χ0) is 14.6. The van der Waals surface area contributed by atoms with Gasteiger partial charge in [0.25, 0.3) is 5.91 Å². The van der Waals surface area contributed by atoms with Crippen LogP contribution in [0.4, 0.5) is 0 Å². The topological polar surface area (TPSA) is 83.5 Å². The highest BCUT2D eigenvalue weighted by Gasteiger charge is 2.23. The molecule has 0 spiro atoms. The quantitative estimate of drug-likeness (QED) is 0.785. The van der Waals surface area contributed by atoms with Gasteiger partial charge in [-0.1, -0.05) is 0 Å². The Bertz CT molecular complexity index is 504. The monoisotopic (exact) mass is 283 g/mol. The predicted molar refractivity (Wildman–Crippen MR) is 72.7 cm³/mol. The number of nitrogens with one attached hydrogen (secondary N) is 1. The lowest BCUT2D eigenvalue weighted by Crippen LogP contribution is -2.43. The minimum absolute atomic E-state index is 0.00356. The molecule has 1 aromatic rings. The Morgan fingerprint density at radius 3 is 2.32 bits per heavy atom. The Balaban J connectivity index is 2.67. The second-order valence-corrected chi connectivity index (χ2v) is 6.04. The molecular weight excluding hydrogens is 266 g/mol. The smallest absolute Gasteiger partial charge is 0.303 e. The van der Waals surface area contributed by atoms with Crippen LogP contribution in [0.1, 0.15) is 53.0 Å². The largest absolute Gasteiger partial charge is 0.481 e. The lowest BCUT2D eigenvalue weighted by atomic mass is 9.98. The summed E-state index contributed by atoms with van der Waals surface area (Å²) in [4.78, 5) is 34.7. The SMILES string of the molecule is CC(=O)c1ccc(C(=O)NC(C)(C)CCC(=O)O)s1. The molecule has 0 fully saturated rings. The highest BCUT2D eigenvalue weighted by Crippen LogP contribution is 2.19. The molecule has 1 amide bonds. The van der Waals surface area contributed by atoms with Crippen LogP contribution in [-0.2, 0) is 4.79 Å². The first kappa shape index (κ1) is 15.4. The minimum Gasteiger partial charge on any atom is -0.481 e. The molecule has 0 saturated heterocycles. The molecule has 19 heavy (non-hydrogen) atoms. The van der Waals surface area contributed by atoms with Gasteiger partial charge in [0.15, 0.2) is 5.78 Å². The molecule has 0 aromatic carbocycles. The molecule has 0 saturated carbocycles. The fourth-order valence-corrected chi connectivity index (χ4v) is 2.30. The number of Topliss-reactive ketones (excluding diaryl/α,β-unsaturated/α-hetero) is 1. The first-order valence-corrected chi connectivity index (χ1v) is 6.68. The van der Waals surface area contributed by atoms with Gasteiger partial charge in [-0.3, -0.25) is 14.4 Å². The number of aliphatic carboxylic acids is 1. The van der Waals surface area contributed by atoms with Crippen LogP contribution in [0.15, 0.2) is 12.1 Å². The van der Waals surface area contributed by atoms with Gasteiger partial charge in [-0.2, -0.15) is 0 Å². The number of hydrogen-bond donors (Lipinski definition) is 2. The van der Waals surface area contributed by atoms with E-state index < -0.39 is 11.5 Å². The summed E-state index contributed by atoms with van der Waals surface area (Å²) in [5.41, 5.74) is -0.601. The van der Waals surface area contributed by atoms with Crippen molar-refractivity contribution in [1.29, 1.82) is 0 Å². The maximum absolute atomic E-state index is 12.0. The summed E-state index contributed by atoms with van der Waals surface area (Å²) in [6.07, 6.45) is 0.343. The number of carboxylic acid groups (broad SMARTS) is 1. The van der Waals surface area contributed by atoms with E-state index in [1.807, 2.05) is 0 Å². The van der Waals surface area contributed by atoms with E-state index in [0.29, 0.717) is 16.2 Å². The fraction of sp³-hybridized carbons (Fsp3) is 0.462. The molecule has 1 aromatic heterocycles. The number of rotatable bonds is 6. The molecule has 104 valence electrons. The maximum Gasteiger partial charge on any atom is 0.303 e. The fourth-order valence-electron chi connectivity index (χ4n) is 1.50. The van der Waals surface area contributed by atoms with Gasteiger partial charge in [-0.15, -0.1) is 11.3 Å². The number of ketones is 1. The van der Waals surface area contributed by atoms with Crippen molar-refractivity contribution in [3.05, 3.63) is 21.9 Å². The number of amides is 1. The predicted octanol–water partition coefficient (Wildman–Crippen LogP) is 2.32. The molecule has 6 heteroatoms. The van der Waals surface area contributed by atoms with Gasteiger partial charge < -0.3 is 10.4 Å². The Morgan fingerprint density at radius 2 is 1.84 bits per heavy atom. The van der Waals surface area contributed by atoms with E-state index >= 15 is 0 Å². The zero-order valence-electron chi connectivity index (χ0n) is 11.1. The van der Waals surface area contributed by atoms with Crippen LogP contribution >= 0.6 is 11.3 Å². The molecule has 0 bridgehead atoms. The Kier molecular flexibility index (Phi) is 4.83. The normalized spacial score (nSPS) is 11.1. The van der Waals surface area contributed by atoms with E-state index in [4.69, 9.17) is 5.11 Å². The standard InChI is InChI=1S/C13H17NO4S/c1-8(15)9-4-5-10(19-9)12(18)14-13(2,3)7-6-11(16)17/h4-5H,6-7H2,1-3H3,(H,14,18)(H,16,17). The minimum atomic E-state index is -0.891. The van der Waals surface area contributed by atoms with Crippen molar-refractivity contribution in [3.63, 3.8) is 0 Å². The second-order valence-electron chi connectivity index (χ2n) is 4.95. The van der Waals surface area contributed by atoms with Gasteiger partial charge in [0.05, 0.1) is 9.75 Å². The molecule has 0 aliphatic carbocycles. The molecule has 1 heterocycles. The highest BCUT2D eigenvalue weighted by molar-refractivity contribution is 7.15. The number of hydrogen-bond acceptors (Lipinski definition) is 4. The van der Waals surface area contributed by atoms with E-state index in [1.54, 1.807) is 26.0 Å². The molecular formula is C13H17NO4S. The first-order valence-electron chi connectivity index (χ1n) is 5.86. The zero-order valence-corrected chi connectivity index (χ0v) is 12.0. The summed E-state index contributed by atoms with van der Waals surface area (Å²) in [5, 5.41) is 11.4. The Morgan fingerprint density at radius 1 is 1.26 bits per heavy atom. The van der Waals surface area contributed by atoms with Crippen molar-refractivity contribution in [2.75, 3.05) is 0 Å². The summed E-state index contributed by atoms with van der Waals surface area (Å²) >= 11 is 1.14. The van der Waals surface area contributed by atoms with Crippen LogP contribution in [0.5, 0.6) is 0 Å². The van der Waals surface area contributed by atoms with Gasteiger partial charge in [0.1, 0.15) is 0 Å². The summed E-state index contributed by atoms with van der Waals surface area (Å²) in [6.45, 7) is 4.99. The van der Waals surface area contributed by atoms with Crippen molar-refractivity contribution in [2.24, 2.45) is 0 Å². The number of carboxylic acids is 1. The van der Waals surface area contributed by atoms with E-state index in [1.165, 1.54) is 6.92 Å². The van der Waals surface area contributed by atoms with Crippen LogP contribution in [0.2, 0.25) is 0 Å². The van der Waals surface area contributed by atoms with E-state index in [2.05, 4.69) is 5.32 Å². The van der Waals surface area contributed by atoms with Crippen molar-refractivity contribution in [1.82, 2.24) is 5.32 Å². The summed E-state index contributed by atoms with van der Waals surface area (Å²) in [6, 6.07) is 3.22. The maximum atomic E-state index is 12.0. The van der Waals surface area contributed by atoms with Crippen molar-refractivity contribution in [3.8, 4) is 0 Å². The summed E-state index contributed by atoms with van der Waals surface area (Å²) in [5.74, 6) is -1.25. The van der Waals surface area contributed by atoms with Gasteiger partial charge in [-0.25, -0.2) is 0 Å². The molecule has 0 aliphatic heterocycles. The van der Waals surface area contributed by atoms with Crippen LogP contribution in [0.3, 0.4) is 0 Å².